The molecule has 0 aliphatic carbocycles. The first kappa shape index (κ1) is 16.3. The Balaban J connectivity index is -0.000000320. The average Bonchev–Trinajstić information content (AvgIpc) is 1.95. The van der Waals surface area contributed by atoms with Crippen LogP contribution in [0.3, 0.4) is 0 Å². The topological polar surface area (TPSA) is 168 Å². The fourth-order valence-corrected chi connectivity index (χ4v) is 0.561. The zero-order valence-corrected chi connectivity index (χ0v) is 7.66. The van der Waals surface area contributed by atoms with Crippen LogP contribution in [0.4, 0.5) is 0 Å². The molecule has 0 amide bonds. The number of nitriles is 4. The van der Waals surface area contributed by atoms with E-state index in [2.05, 4.69) is 0 Å². The van der Waals surface area contributed by atoms with Crippen LogP contribution in [0.5, 0.6) is 0 Å². The van der Waals surface area contributed by atoms with Gasteiger partial charge in [-0.3, -0.25) is 0 Å². The third-order valence-corrected chi connectivity index (χ3v) is 2.51. The largest absolute Gasteiger partial charge is 0.369 e. The molecule has 7 heteroatoms. The van der Waals surface area contributed by atoms with Crippen LogP contribution >= 0.6 is 0 Å². The molecule has 0 aliphatic rings. The first-order valence-electron chi connectivity index (χ1n) is 1.53. The molecule has 8 N–H and O–H groups in total. The minimum Gasteiger partial charge on any atom is -0.369 e. The van der Waals surface area contributed by atoms with E-state index in [1.165, 1.54) is 18.2 Å². The summed E-state index contributed by atoms with van der Waals surface area (Å²) >= 11 is -3.58. The van der Waals surface area contributed by atoms with Crippen molar-refractivity contribution < 1.29 is 15.5 Å². The van der Waals surface area contributed by atoms with Crippen LogP contribution in [0.2, 0.25) is 0 Å². The van der Waals surface area contributed by atoms with Crippen LogP contribution < -0.4 is 12.3 Å². The Morgan fingerprint density at radius 1 is 0.636 bits per heavy atom. The molecule has 0 atom stereocenters. The molecule has 0 bridgehead atoms. The summed E-state index contributed by atoms with van der Waals surface area (Å²) in [5.74, 6) is 0. The van der Waals surface area contributed by atoms with Crippen LogP contribution in [-0.4, -0.2) is 0 Å². The minimum atomic E-state index is -3.58. The Labute approximate surface area is 67.5 Å². The van der Waals surface area contributed by atoms with Gasteiger partial charge in [0.05, 0.1) is 0 Å². The van der Waals surface area contributed by atoms with E-state index in [0.717, 1.165) is 0 Å². The second-order valence-corrected chi connectivity index (χ2v) is 4.48. The van der Waals surface area contributed by atoms with Gasteiger partial charge in [-0.25, -0.2) is 0 Å². The van der Waals surface area contributed by atoms with Gasteiger partial charge in [0.2, 0.25) is 0 Å². The molecular weight excluding hydrogens is 239 g/mol. The molecule has 6 nitrogen and oxygen atoms in total. The minimum absolute atomic E-state index is 0. The van der Waals surface area contributed by atoms with Gasteiger partial charge in [-0.1, -0.05) is 0 Å². The van der Waals surface area contributed by atoms with E-state index in [4.69, 9.17) is 21.0 Å². The maximum atomic E-state index is 8.13. The van der Waals surface area contributed by atoms with Crippen molar-refractivity contribution in [2.75, 3.05) is 0 Å². The predicted molar refractivity (Wildman–Crippen MR) is 34.4 cm³/mol. The van der Waals surface area contributed by atoms with Crippen molar-refractivity contribution in [1.82, 2.24) is 12.3 Å². The zero-order chi connectivity index (χ0) is 7.33. The second-order valence-electron chi connectivity index (χ2n) is 0.757. The monoisotopic (exact) mass is 246 g/mol. The van der Waals surface area contributed by atoms with Crippen molar-refractivity contribution in [3.8, 4) is 18.2 Å². The molecule has 0 aromatic carbocycles. The van der Waals surface area contributed by atoms with Crippen molar-refractivity contribution in [2.45, 2.75) is 0 Å². The van der Waals surface area contributed by atoms with Gasteiger partial charge in [0, 0.05) is 0 Å². The number of hydrogen-bond acceptors (Lipinski definition) is 4. The van der Waals surface area contributed by atoms with Crippen molar-refractivity contribution in [3.05, 3.63) is 0 Å². The van der Waals surface area contributed by atoms with Gasteiger partial charge in [0.1, 0.15) is 0 Å². The van der Waals surface area contributed by atoms with Gasteiger partial charge in [-0.15, -0.1) is 0 Å². The Kier molecular flexibility index (Phi) is 9.85. The molecule has 0 saturated heterocycles. The fourth-order valence-electron chi connectivity index (χ4n) is 0.0949. The van der Waals surface area contributed by atoms with E-state index in [1.807, 2.05) is 0 Å². The molecule has 64 valence electrons. The second kappa shape index (κ2) is 6.66. The molecule has 0 aromatic rings. The fraction of sp³-hybridized carbons (Fsp3) is 0. The first-order chi connectivity index (χ1) is 4.24. The van der Waals surface area contributed by atoms with Crippen LogP contribution in [-0.2, 0) is 15.5 Å². The molecule has 0 radical (unpaired) electrons. The Hall–Kier alpha value is -1.46. The maximum Gasteiger partial charge on any atom is -0.369 e. The standard InChI is InChI=1S/4CN.2H3N.Pd/c4*1-2;;;/h;;;;2*1H3;/q;;;;;;-2/p+2. The van der Waals surface area contributed by atoms with Crippen molar-refractivity contribution >= 4 is 0 Å². The number of nitrogens with zero attached hydrogens (tertiary/aromatic N) is 4. The predicted octanol–water partition coefficient (Wildman–Crippen LogP) is 0.817. The van der Waals surface area contributed by atoms with E-state index in [1.54, 1.807) is 0 Å². The third kappa shape index (κ3) is 3.29. The molecule has 0 aromatic heterocycles. The molecule has 0 rings (SSSR count). The van der Waals surface area contributed by atoms with Gasteiger partial charge in [-0.05, 0) is 0 Å². The molecule has 0 heterocycles. The Bertz CT molecular complexity index is 207. The smallest absolute Gasteiger partial charge is 0.369 e. The number of quaternary nitrogens is 2. The molecule has 0 saturated carbocycles. The molecule has 11 heavy (non-hydrogen) atoms. The summed E-state index contributed by atoms with van der Waals surface area (Å²) in [6, 6.07) is 0. The van der Waals surface area contributed by atoms with E-state index in [-0.39, 0.29) is 12.3 Å². The van der Waals surface area contributed by atoms with Gasteiger partial charge in [0.15, 0.2) is 0 Å². The first-order valence-corrected chi connectivity index (χ1v) is 4.64. The Morgan fingerprint density at radius 3 is 0.818 bits per heavy atom. The molecule has 0 fully saturated rings. The van der Waals surface area contributed by atoms with Gasteiger partial charge in [0.25, 0.3) is 0 Å². The van der Waals surface area contributed by atoms with Crippen LogP contribution in [0.1, 0.15) is 0 Å². The summed E-state index contributed by atoms with van der Waals surface area (Å²) in [5, 5.41) is 32.5. The van der Waals surface area contributed by atoms with E-state index < -0.39 is 15.5 Å². The number of rotatable bonds is 0. The number of hydrogen-bond donors (Lipinski definition) is 2. The van der Waals surface area contributed by atoms with Crippen molar-refractivity contribution in [3.63, 3.8) is 0 Å². The van der Waals surface area contributed by atoms with Crippen molar-refractivity contribution in [1.29, 1.82) is 21.0 Å². The molecule has 0 unspecified atom stereocenters. The summed E-state index contributed by atoms with van der Waals surface area (Å²) in [7, 11) is 0. The summed E-state index contributed by atoms with van der Waals surface area (Å²) in [4.78, 5) is 0. The normalized spacial score (nSPS) is 7.64. The van der Waals surface area contributed by atoms with E-state index in [9.17, 15) is 0 Å². The van der Waals surface area contributed by atoms with Crippen LogP contribution in [0, 0.1) is 39.2 Å². The van der Waals surface area contributed by atoms with Gasteiger partial charge in [-0.2, -0.15) is 0 Å². The molecular formula is C4H8N6Pd. The van der Waals surface area contributed by atoms with Gasteiger partial charge >= 0.3 is 54.8 Å². The quantitative estimate of drug-likeness (QED) is 0.603. The average molecular weight is 247 g/mol. The van der Waals surface area contributed by atoms with Crippen LogP contribution in [0.15, 0.2) is 0 Å². The summed E-state index contributed by atoms with van der Waals surface area (Å²) < 4.78 is 5.72. The third-order valence-electron chi connectivity index (χ3n) is 0.424. The molecule has 0 aliphatic heterocycles. The summed E-state index contributed by atoms with van der Waals surface area (Å²) in [6.45, 7) is 0. The van der Waals surface area contributed by atoms with E-state index in [0.29, 0.717) is 0 Å². The van der Waals surface area contributed by atoms with Crippen LogP contribution in [0.25, 0.3) is 0 Å². The summed E-state index contributed by atoms with van der Waals surface area (Å²) in [6.07, 6.45) is 0. The SMILES string of the molecule is N#[C][Pd-2]([C]#N)([C]#N)[C]#N.[NH4+].[NH4+]. The summed E-state index contributed by atoms with van der Waals surface area (Å²) in [5.41, 5.74) is 0. The molecule has 0 spiro atoms. The maximum absolute atomic E-state index is 8.13. The Morgan fingerprint density at radius 2 is 0.818 bits per heavy atom. The van der Waals surface area contributed by atoms with Crippen molar-refractivity contribution in [2.24, 2.45) is 0 Å². The van der Waals surface area contributed by atoms with E-state index >= 15 is 0 Å². The zero-order valence-electron chi connectivity index (χ0n) is 6.11. The van der Waals surface area contributed by atoms with Gasteiger partial charge < -0.3 is 12.3 Å².